The highest BCUT2D eigenvalue weighted by molar-refractivity contribution is 14.0. The summed E-state index contributed by atoms with van der Waals surface area (Å²) >= 11 is 0. The van der Waals surface area contributed by atoms with Gasteiger partial charge in [0.1, 0.15) is 0 Å². The topological polar surface area (TPSA) is 86.7 Å². The minimum absolute atomic E-state index is 0. The van der Waals surface area contributed by atoms with Crippen molar-refractivity contribution >= 4 is 40.0 Å². The van der Waals surface area contributed by atoms with Gasteiger partial charge in [-0.05, 0) is 50.3 Å². The zero-order valence-electron chi connectivity index (χ0n) is 15.7. The Kier molecular flexibility index (Phi) is 9.80. The highest BCUT2D eigenvalue weighted by Gasteiger charge is 2.26. The number of guanidine groups is 1. The maximum absolute atomic E-state index is 11.9. The van der Waals surface area contributed by atoms with Crippen LogP contribution in [0.1, 0.15) is 30.9 Å². The first-order chi connectivity index (χ1) is 12.0. The number of aliphatic imine (C=N–C) groups is 1. The SMILES string of the molecule is CCS(=O)(=O)N1CCC(NC(=NC)NCCc2ccncc2C)CC1.I. The summed E-state index contributed by atoms with van der Waals surface area (Å²) in [6.45, 7) is 5.68. The number of rotatable bonds is 6. The van der Waals surface area contributed by atoms with Crippen molar-refractivity contribution in [2.45, 2.75) is 39.2 Å². The van der Waals surface area contributed by atoms with Gasteiger partial charge in [0.2, 0.25) is 10.0 Å². The zero-order chi connectivity index (χ0) is 18.3. The fraction of sp³-hybridized carbons (Fsp3) is 0.647. The fourth-order valence-electron chi connectivity index (χ4n) is 2.95. The molecular formula is C17H30IN5O2S. The quantitative estimate of drug-likeness (QED) is 0.355. The summed E-state index contributed by atoms with van der Waals surface area (Å²) in [5.74, 6) is 0.937. The molecule has 0 aliphatic carbocycles. The van der Waals surface area contributed by atoms with E-state index in [1.165, 1.54) is 11.1 Å². The number of aryl methyl sites for hydroxylation is 1. The summed E-state index contributed by atoms with van der Waals surface area (Å²) in [6.07, 6.45) is 6.18. The average Bonchev–Trinajstić information content (AvgIpc) is 2.63. The van der Waals surface area contributed by atoms with Gasteiger partial charge in [-0.15, -0.1) is 24.0 Å². The second kappa shape index (κ2) is 11.0. The van der Waals surface area contributed by atoms with E-state index in [1.54, 1.807) is 18.3 Å². The monoisotopic (exact) mass is 495 g/mol. The Labute approximate surface area is 174 Å². The van der Waals surface area contributed by atoms with Crippen LogP contribution in [-0.4, -0.2) is 62.1 Å². The number of hydrogen-bond acceptors (Lipinski definition) is 4. The summed E-state index contributed by atoms with van der Waals surface area (Å²) in [7, 11) is -1.32. The minimum Gasteiger partial charge on any atom is -0.356 e. The van der Waals surface area contributed by atoms with E-state index in [4.69, 9.17) is 0 Å². The van der Waals surface area contributed by atoms with Gasteiger partial charge in [0.25, 0.3) is 0 Å². The molecule has 26 heavy (non-hydrogen) atoms. The van der Waals surface area contributed by atoms with Crippen LogP contribution < -0.4 is 10.6 Å². The first-order valence-electron chi connectivity index (χ1n) is 8.80. The highest BCUT2D eigenvalue weighted by Crippen LogP contribution is 2.14. The minimum atomic E-state index is -3.07. The molecule has 1 fully saturated rings. The Morgan fingerprint density at radius 3 is 2.65 bits per heavy atom. The zero-order valence-corrected chi connectivity index (χ0v) is 18.9. The van der Waals surface area contributed by atoms with Gasteiger partial charge in [0.05, 0.1) is 5.75 Å². The number of pyridine rings is 1. The molecular weight excluding hydrogens is 465 g/mol. The summed E-state index contributed by atoms with van der Waals surface area (Å²) in [5, 5.41) is 6.73. The molecule has 9 heteroatoms. The summed E-state index contributed by atoms with van der Waals surface area (Å²) in [5.41, 5.74) is 2.47. The molecule has 2 N–H and O–H groups in total. The molecule has 7 nitrogen and oxygen atoms in total. The molecule has 0 radical (unpaired) electrons. The van der Waals surface area contributed by atoms with E-state index in [-0.39, 0.29) is 35.8 Å². The fourth-order valence-corrected chi connectivity index (χ4v) is 4.08. The van der Waals surface area contributed by atoms with Gasteiger partial charge in [-0.2, -0.15) is 0 Å². The largest absolute Gasteiger partial charge is 0.356 e. The second-order valence-corrected chi connectivity index (χ2v) is 8.53. The van der Waals surface area contributed by atoms with Crippen LogP contribution in [0.15, 0.2) is 23.5 Å². The first-order valence-corrected chi connectivity index (χ1v) is 10.4. The molecule has 2 rings (SSSR count). The van der Waals surface area contributed by atoms with Crippen molar-refractivity contribution < 1.29 is 8.42 Å². The van der Waals surface area contributed by atoms with Gasteiger partial charge in [-0.3, -0.25) is 9.98 Å². The van der Waals surface area contributed by atoms with Crippen LogP contribution >= 0.6 is 24.0 Å². The van der Waals surface area contributed by atoms with Crippen molar-refractivity contribution in [1.82, 2.24) is 19.9 Å². The normalized spacial score (nSPS) is 16.8. The third-order valence-corrected chi connectivity index (χ3v) is 6.48. The van der Waals surface area contributed by atoms with E-state index < -0.39 is 10.0 Å². The molecule has 1 aromatic rings. The van der Waals surface area contributed by atoms with E-state index in [9.17, 15) is 8.42 Å². The van der Waals surface area contributed by atoms with E-state index >= 15 is 0 Å². The maximum atomic E-state index is 11.9. The molecule has 0 bridgehead atoms. The third kappa shape index (κ3) is 6.66. The molecule has 1 aliphatic rings. The van der Waals surface area contributed by atoms with Crippen LogP contribution in [0.4, 0.5) is 0 Å². The van der Waals surface area contributed by atoms with Gasteiger partial charge in [-0.25, -0.2) is 12.7 Å². The van der Waals surface area contributed by atoms with Crippen molar-refractivity contribution in [1.29, 1.82) is 0 Å². The predicted octanol–water partition coefficient (Wildman–Crippen LogP) is 1.53. The molecule has 0 saturated carbocycles. The number of piperidine rings is 1. The van der Waals surface area contributed by atoms with Crippen molar-refractivity contribution in [3.8, 4) is 0 Å². The molecule has 0 unspecified atom stereocenters. The number of aromatic nitrogens is 1. The Morgan fingerprint density at radius 1 is 1.38 bits per heavy atom. The lowest BCUT2D eigenvalue weighted by atomic mass is 10.1. The van der Waals surface area contributed by atoms with E-state index in [0.29, 0.717) is 13.1 Å². The lowest BCUT2D eigenvalue weighted by molar-refractivity contribution is 0.306. The van der Waals surface area contributed by atoms with Crippen LogP contribution in [0.5, 0.6) is 0 Å². The highest BCUT2D eigenvalue weighted by atomic mass is 127. The summed E-state index contributed by atoms with van der Waals surface area (Å²) in [4.78, 5) is 8.38. The standard InChI is InChI=1S/C17H29N5O2S.HI/c1-4-25(23,24)22-11-7-16(8-12-22)21-17(18-3)20-10-6-15-5-9-19-13-14(15)2;/h5,9,13,16H,4,6-8,10-12H2,1-3H3,(H2,18,20,21);1H. The number of halogens is 1. The van der Waals surface area contributed by atoms with Gasteiger partial charge in [0, 0.05) is 45.1 Å². The molecule has 148 valence electrons. The van der Waals surface area contributed by atoms with Crippen molar-refractivity contribution in [3.63, 3.8) is 0 Å². The molecule has 1 aliphatic heterocycles. The average molecular weight is 495 g/mol. The Hall–Kier alpha value is -0.940. The van der Waals surface area contributed by atoms with Gasteiger partial charge >= 0.3 is 0 Å². The smallest absolute Gasteiger partial charge is 0.213 e. The molecule has 2 heterocycles. The van der Waals surface area contributed by atoms with Crippen LogP contribution in [0, 0.1) is 6.92 Å². The van der Waals surface area contributed by atoms with Crippen LogP contribution in [0.3, 0.4) is 0 Å². The van der Waals surface area contributed by atoms with E-state index in [2.05, 4.69) is 27.5 Å². The molecule has 0 spiro atoms. The summed E-state index contributed by atoms with van der Waals surface area (Å²) in [6, 6.07) is 2.29. The molecule has 1 aromatic heterocycles. The molecule has 0 aromatic carbocycles. The lowest BCUT2D eigenvalue weighted by Crippen LogP contribution is -2.50. The van der Waals surface area contributed by atoms with Crippen molar-refractivity contribution in [2.75, 3.05) is 32.4 Å². The van der Waals surface area contributed by atoms with E-state index in [0.717, 1.165) is 31.8 Å². The number of sulfonamides is 1. The number of nitrogens with one attached hydrogen (secondary N) is 2. The van der Waals surface area contributed by atoms with Crippen molar-refractivity contribution in [2.24, 2.45) is 4.99 Å². The molecule has 0 amide bonds. The van der Waals surface area contributed by atoms with Crippen LogP contribution in [0.25, 0.3) is 0 Å². The van der Waals surface area contributed by atoms with Crippen LogP contribution in [0.2, 0.25) is 0 Å². The van der Waals surface area contributed by atoms with Gasteiger partial charge in [-0.1, -0.05) is 0 Å². The Balaban J connectivity index is 0.00000338. The predicted molar refractivity (Wildman–Crippen MR) is 117 cm³/mol. The number of nitrogens with zero attached hydrogens (tertiary/aromatic N) is 3. The van der Waals surface area contributed by atoms with Crippen LogP contribution in [-0.2, 0) is 16.4 Å². The third-order valence-electron chi connectivity index (χ3n) is 4.60. The van der Waals surface area contributed by atoms with E-state index in [1.807, 2.05) is 18.5 Å². The Morgan fingerprint density at radius 2 is 2.08 bits per heavy atom. The van der Waals surface area contributed by atoms with Gasteiger partial charge < -0.3 is 10.6 Å². The molecule has 0 atom stereocenters. The summed E-state index contributed by atoms with van der Waals surface area (Å²) < 4.78 is 25.4. The maximum Gasteiger partial charge on any atom is 0.213 e. The van der Waals surface area contributed by atoms with Gasteiger partial charge in [0.15, 0.2) is 5.96 Å². The number of hydrogen-bond donors (Lipinski definition) is 2. The second-order valence-electron chi connectivity index (χ2n) is 6.27. The first kappa shape index (κ1) is 23.1. The van der Waals surface area contributed by atoms with Crippen molar-refractivity contribution in [3.05, 3.63) is 29.6 Å². The Bertz CT molecular complexity index is 688. The lowest BCUT2D eigenvalue weighted by Gasteiger charge is -2.32. The molecule has 1 saturated heterocycles.